The molecule has 0 bridgehead atoms. The Morgan fingerprint density at radius 2 is 2.17 bits per heavy atom. The molecule has 132 valence electrons. The predicted molar refractivity (Wildman–Crippen MR) is 107 cm³/mol. The molecule has 1 aliphatic rings. The summed E-state index contributed by atoms with van der Waals surface area (Å²) in [7, 11) is 3.58. The number of methoxy groups -OCH3 is 1. The van der Waals surface area contributed by atoms with Crippen LogP contribution in [0.15, 0.2) is 22.5 Å². The van der Waals surface area contributed by atoms with Gasteiger partial charge in [-0.15, -0.1) is 35.3 Å². The lowest BCUT2D eigenvalue weighted by Gasteiger charge is -2.36. The fourth-order valence-electron chi connectivity index (χ4n) is 2.58. The minimum Gasteiger partial charge on any atom is -0.381 e. The zero-order chi connectivity index (χ0) is 15.8. The molecule has 1 atom stereocenters. The van der Waals surface area contributed by atoms with Crippen molar-refractivity contribution in [1.29, 1.82) is 0 Å². The molecule has 23 heavy (non-hydrogen) atoms. The third-order valence-electron chi connectivity index (χ3n) is 4.24. The van der Waals surface area contributed by atoms with Crippen molar-refractivity contribution in [1.82, 2.24) is 10.6 Å². The minimum atomic E-state index is -0.144. The van der Waals surface area contributed by atoms with E-state index in [0.717, 1.165) is 45.1 Å². The van der Waals surface area contributed by atoms with Gasteiger partial charge < -0.3 is 20.1 Å². The van der Waals surface area contributed by atoms with Crippen LogP contribution in [0.1, 0.15) is 30.6 Å². The van der Waals surface area contributed by atoms with Crippen molar-refractivity contribution in [2.75, 3.05) is 40.5 Å². The second kappa shape index (κ2) is 10.5. The van der Waals surface area contributed by atoms with E-state index in [0.29, 0.717) is 5.92 Å². The molecule has 1 aromatic rings. The number of thiophene rings is 1. The molecule has 0 amide bonds. The highest BCUT2D eigenvalue weighted by molar-refractivity contribution is 14.0. The number of hydrogen-bond acceptors (Lipinski definition) is 4. The summed E-state index contributed by atoms with van der Waals surface area (Å²) in [6.45, 7) is 5.36. The highest BCUT2D eigenvalue weighted by Gasteiger charge is 2.32. The van der Waals surface area contributed by atoms with Gasteiger partial charge in [0.05, 0.1) is 5.60 Å². The summed E-state index contributed by atoms with van der Waals surface area (Å²) >= 11 is 1.80. The third-order valence-corrected chi connectivity index (χ3v) is 5.35. The predicted octanol–water partition coefficient (Wildman–Crippen LogP) is 2.83. The van der Waals surface area contributed by atoms with Gasteiger partial charge in [-0.2, -0.15) is 0 Å². The molecular weight excluding hydrogens is 425 g/mol. The molecule has 1 aliphatic heterocycles. The lowest BCUT2D eigenvalue weighted by molar-refractivity contribution is -0.0855. The van der Waals surface area contributed by atoms with Gasteiger partial charge >= 0.3 is 0 Å². The van der Waals surface area contributed by atoms with E-state index in [2.05, 4.69) is 40.1 Å². The molecule has 0 radical (unpaired) electrons. The van der Waals surface area contributed by atoms with Crippen LogP contribution in [0.4, 0.5) is 0 Å². The van der Waals surface area contributed by atoms with E-state index < -0.39 is 0 Å². The molecule has 1 saturated heterocycles. The Bertz CT molecular complexity index is 462. The SMILES string of the molecule is CN=C(NCC(C)c1cccs1)NCC1(OC)CCOCC1.I. The second-order valence-corrected chi connectivity index (χ2v) is 6.70. The van der Waals surface area contributed by atoms with Gasteiger partial charge in [-0.05, 0) is 11.4 Å². The summed E-state index contributed by atoms with van der Waals surface area (Å²) in [5.74, 6) is 1.30. The monoisotopic (exact) mass is 453 g/mol. The number of ether oxygens (including phenoxy) is 2. The average Bonchev–Trinajstić information content (AvgIpc) is 3.10. The minimum absolute atomic E-state index is 0. The molecule has 2 N–H and O–H groups in total. The van der Waals surface area contributed by atoms with Crippen LogP contribution in [0.25, 0.3) is 0 Å². The van der Waals surface area contributed by atoms with Gasteiger partial charge in [0.25, 0.3) is 0 Å². The molecule has 0 aliphatic carbocycles. The summed E-state index contributed by atoms with van der Waals surface area (Å²) in [6, 6.07) is 4.27. The highest BCUT2D eigenvalue weighted by atomic mass is 127. The number of aliphatic imine (C=N–C) groups is 1. The van der Waals surface area contributed by atoms with E-state index in [1.54, 1.807) is 25.5 Å². The van der Waals surface area contributed by atoms with Crippen LogP contribution in [0.5, 0.6) is 0 Å². The maximum Gasteiger partial charge on any atom is 0.191 e. The van der Waals surface area contributed by atoms with Crippen LogP contribution in [0.2, 0.25) is 0 Å². The number of halogens is 1. The molecule has 2 rings (SSSR count). The normalized spacial score (nSPS) is 18.8. The maximum absolute atomic E-state index is 5.73. The molecule has 0 aromatic carbocycles. The first-order chi connectivity index (χ1) is 10.7. The maximum atomic E-state index is 5.73. The van der Waals surface area contributed by atoms with Gasteiger partial charge in [-0.1, -0.05) is 13.0 Å². The second-order valence-electron chi connectivity index (χ2n) is 5.72. The van der Waals surface area contributed by atoms with Crippen LogP contribution in [-0.2, 0) is 9.47 Å². The van der Waals surface area contributed by atoms with Crippen LogP contribution in [0.3, 0.4) is 0 Å². The fraction of sp³-hybridized carbons (Fsp3) is 0.688. The van der Waals surface area contributed by atoms with Crippen molar-refractivity contribution in [3.05, 3.63) is 22.4 Å². The molecule has 1 unspecified atom stereocenters. The lowest BCUT2D eigenvalue weighted by atomic mass is 9.94. The van der Waals surface area contributed by atoms with Gasteiger partial charge in [0, 0.05) is 64.1 Å². The van der Waals surface area contributed by atoms with Crippen molar-refractivity contribution in [2.24, 2.45) is 4.99 Å². The third kappa shape index (κ3) is 6.21. The first-order valence-corrected chi connectivity index (χ1v) is 8.68. The van der Waals surface area contributed by atoms with E-state index in [9.17, 15) is 0 Å². The van der Waals surface area contributed by atoms with Crippen LogP contribution in [-0.4, -0.2) is 52.0 Å². The smallest absolute Gasteiger partial charge is 0.191 e. The summed E-state index contributed by atoms with van der Waals surface area (Å²) in [6.07, 6.45) is 1.83. The summed E-state index contributed by atoms with van der Waals surface area (Å²) < 4.78 is 11.2. The van der Waals surface area contributed by atoms with E-state index in [4.69, 9.17) is 9.47 Å². The van der Waals surface area contributed by atoms with Crippen molar-refractivity contribution < 1.29 is 9.47 Å². The topological polar surface area (TPSA) is 54.9 Å². The van der Waals surface area contributed by atoms with Crippen molar-refractivity contribution >= 4 is 41.3 Å². The number of nitrogens with zero attached hydrogens (tertiary/aromatic N) is 1. The average molecular weight is 453 g/mol. The van der Waals surface area contributed by atoms with Crippen LogP contribution in [0, 0.1) is 0 Å². The van der Waals surface area contributed by atoms with Gasteiger partial charge in [0.1, 0.15) is 0 Å². The van der Waals surface area contributed by atoms with E-state index in [1.807, 2.05) is 0 Å². The summed E-state index contributed by atoms with van der Waals surface area (Å²) in [5, 5.41) is 8.91. The first kappa shape index (κ1) is 20.7. The number of nitrogens with one attached hydrogen (secondary N) is 2. The Kier molecular flexibility index (Phi) is 9.41. The van der Waals surface area contributed by atoms with Crippen LogP contribution < -0.4 is 10.6 Å². The fourth-order valence-corrected chi connectivity index (χ4v) is 3.37. The van der Waals surface area contributed by atoms with E-state index in [-0.39, 0.29) is 29.6 Å². The molecule has 7 heteroatoms. The lowest BCUT2D eigenvalue weighted by Crippen LogP contribution is -2.51. The Balaban J connectivity index is 0.00000264. The summed E-state index contributed by atoms with van der Waals surface area (Å²) in [4.78, 5) is 5.69. The molecule has 0 saturated carbocycles. The first-order valence-electron chi connectivity index (χ1n) is 7.80. The van der Waals surface area contributed by atoms with Gasteiger partial charge in [0.15, 0.2) is 5.96 Å². The molecule has 5 nitrogen and oxygen atoms in total. The molecular formula is C16H28IN3O2S. The zero-order valence-electron chi connectivity index (χ0n) is 14.1. The van der Waals surface area contributed by atoms with Crippen molar-refractivity contribution in [3.63, 3.8) is 0 Å². The largest absolute Gasteiger partial charge is 0.381 e. The van der Waals surface area contributed by atoms with Crippen molar-refractivity contribution in [2.45, 2.75) is 31.3 Å². The summed E-state index contributed by atoms with van der Waals surface area (Å²) in [5.41, 5.74) is -0.144. The van der Waals surface area contributed by atoms with Gasteiger partial charge in [0.2, 0.25) is 0 Å². The number of rotatable bonds is 6. The Morgan fingerprint density at radius 3 is 2.74 bits per heavy atom. The van der Waals surface area contributed by atoms with E-state index >= 15 is 0 Å². The molecule has 1 aromatic heterocycles. The zero-order valence-corrected chi connectivity index (χ0v) is 17.3. The molecule has 2 heterocycles. The van der Waals surface area contributed by atoms with Crippen LogP contribution >= 0.6 is 35.3 Å². The molecule has 1 fully saturated rings. The van der Waals surface area contributed by atoms with Gasteiger partial charge in [-0.3, -0.25) is 4.99 Å². The van der Waals surface area contributed by atoms with Gasteiger partial charge in [-0.25, -0.2) is 0 Å². The Labute approximate surface area is 160 Å². The Morgan fingerprint density at radius 1 is 1.43 bits per heavy atom. The highest BCUT2D eigenvalue weighted by Crippen LogP contribution is 2.23. The quantitative estimate of drug-likeness (QED) is 0.395. The molecule has 0 spiro atoms. The van der Waals surface area contributed by atoms with Crippen molar-refractivity contribution in [3.8, 4) is 0 Å². The van der Waals surface area contributed by atoms with E-state index in [1.165, 1.54) is 4.88 Å². The number of guanidine groups is 1. The Hall–Kier alpha value is -0.380. The number of hydrogen-bond donors (Lipinski definition) is 2. The standard InChI is InChI=1S/C16H27N3O2S.HI/c1-13(14-5-4-10-22-14)11-18-15(17-2)19-12-16(20-3)6-8-21-9-7-16;/h4-5,10,13H,6-9,11-12H2,1-3H3,(H2,17,18,19);1H.